The number of halogens is 1. The average Bonchev–Trinajstić information content (AvgIpc) is 2.78. The van der Waals surface area contributed by atoms with Gasteiger partial charge in [-0.1, -0.05) is 26.2 Å². The van der Waals surface area contributed by atoms with Gasteiger partial charge in [-0.05, 0) is 24.7 Å². The summed E-state index contributed by atoms with van der Waals surface area (Å²) in [6, 6.07) is 0. The summed E-state index contributed by atoms with van der Waals surface area (Å²) in [6.45, 7) is 3.14. The van der Waals surface area contributed by atoms with Gasteiger partial charge >= 0.3 is 0 Å². The molecule has 96 valence electrons. The average molecular weight is 256 g/mol. The first-order chi connectivity index (χ1) is 8.29. The van der Waals surface area contributed by atoms with Gasteiger partial charge in [0.1, 0.15) is 12.2 Å². The van der Waals surface area contributed by atoms with Crippen LogP contribution in [-0.4, -0.2) is 20.6 Å². The number of nitrogens with zero attached hydrogens (tertiary/aromatic N) is 3. The van der Waals surface area contributed by atoms with Crippen molar-refractivity contribution in [1.82, 2.24) is 14.8 Å². The van der Waals surface area contributed by atoms with E-state index in [1.807, 2.05) is 4.68 Å². The monoisotopic (exact) mass is 255 g/mol. The number of aromatic nitrogens is 3. The smallest absolute Gasteiger partial charge is 0.138 e. The SMILES string of the molecule is CCCn1ncnc1CC1(CCl)CCCCC1. The van der Waals surface area contributed by atoms with Crippen LogP contribution in [0.25, 0.3) is 0 Å². The van der Waals surface area contributed by atoms with E-state index in [1.165, 1.54) is 32.1 Å². The van der Waals surface area contributed by atoms with Crippen molar-refractivity contribution >= 4 is 11.6 Å². The van der Waals surface area contributed by atoms with Crippen LogP contribution in [-0.2, 0) is 13.0 Å². The molecule has 0 aliphatic heterocycles. The van der Waals surface area contributed by atoms with E-state index in [9.17, 15) is 0 Å². The maximum atomic E-state index is 6.23. The highest BCUT2D eigenvalue weighted by Gasteiger charge is 2.32. The summed E-state index contributed by atoms with van der Waals surface area (Å²) in [5.41, 5.74) is 0.276. The molecule has 1 saturated carbocycles. The lowest BCUT2D eigenvalue weighted by molar-refractivity contribution is 0.212. The van der Waals surface area contributed by atoms with Gasteiger partial charge in [-0.25, -0.2) is 4.98 Å². The van der Waals surface area contributed by atoms with Crippen molar-refractivity contribution in [3.63, 3.8) is 0 Å². The van der Waals surface area contributed by atoms with E-state index in [0.717, 1.165) is 31.1 Å². The van der Waals surface area contributed by atoms with E-state index in [0.29, 0.717) is 0 Å². The quantitative estimate of drug-likeness (QED) is 0.755. The van der Waals surface area contributed by atoms with Gasteiger partial charge in [0.25, 0.3) is 0 Å². The van der Waals surface area contributed by atoms with Crippen molar-refractivity contribution in [1.29, 1.82) is 0 Å². The predicted molar refractivity (Wildman–Crippen MR) is 70.3 cm³/mol. The number of hydrogen-bond acceptors (Lipinski definition) is 2. The first kappa shape index (κ1) is 12.9. The van der Waals surface area contributed by atoms with Gasteiger partial charge in [-0.15, -0.1) is 11.6 Å². The Hall–Kier alpha value is -0.570. The summed E-state index contributed by atoms with van der Waals surface area (Å²) in [5, 5.41) is 4.30. The van der Waals surface area contributed by atoms with E-state index in [2.05, 4.69) is 17.0 Å². The van der Waals surface area contributed by atoms with Gasteiger partial charge < -0.3 is 0 Å². The summed E-state index contributed by atoms with van der Waals surface area (Å²) in [4.78, 5) is 4.42. The van der Waals surface area contributed by atoms with Gasteiger partial charge in [0.2, 0.25) is 0 Å². The van der Waals surface area contributed by atoms with Gasteiger partial charge in [0, 0.05) is 18.8 Å². The summed E-state index contributed by atoms with van der Waals surface area (Å²) in [7, 11) is 0. The lowest BCUT2D eigenvalue weighted by Gasteiger charge is -2.35. The van der Waals surface area contributed by atoms with E-state index in [1.54, 1.807) is 6.33 Å². The third-order valence-electron chi connectivity index (χ3n) is 3.86. The normalized spacial score (nSPS) is 19.4. The zero-order chi connectivity index (χ0) is 12.1. The van der Waals surface area contributed by atoms with Gasteiger partial charge in [0.05, 0.1) is 0 Å². The Balaban J connectivity index is 2.09. The zero-order valence-electron chi connectivity index (χ0n) is 10.7. The van der Waals surface area contributed by atoms with Crippen LogP contribution < -0.4 is 0 Å². The van der Waals surface area contributed by atoms with Crippen molar-refractivity contribution in [3.8, 4) is 0 Å². The first-order valence-corrected chi connectivity index (χ1v) is 7.26. The molecule has 3 nitrogen and oxygen atoms in total. The minimum absolute atomic E-state index is 0.276. The molecule has 4 heteroatoms. The van der Waals surface area contributed by atoms with Gasteiger partial charge in [0.15, 0.2) is 0 Å². The third-order valence-corrected chi connectivity index (χ3v) is 4.43. The van der Waals surface area contributed by atoms with Crippen molar-refractivity contribution in [2.75, 3.05) is 5.88 Å². The molecule has 0 spiro atoms. The van der Waals surface area contributed by atoms with Crippen LogP contribution in [0.3, 0.4) is 0 Å². The van der Waals surface area contributed by atoms with E-state index < -0.39 is 0 Å². The van der Waals surface area contributed by atoms with Crippen molar-refractivity contribution in [3.05, 3.63) is 12.2 Å². The van der Waals surface area contributed by atoms with Gasteiger partial charge in [-0.3, -0.25) is 4.68 Å². The largest absolute Gasteiger partial charge is 0.250 e. The number of rotatable bonds is 5. The fourth-order valence-corrected chi connectivity index (χ4v) is 3.18. The zero-order valence-corrected chi connectivity index (χ0v) is 11.4. The molecule has 1 aliphatic carbocycles. The first-order valence-electron chi connectivity index (χ1n) is 6.72. The topological polar surface area (TPSA) is 30.7 Å². The Labute approximate surface area is 109 Å². The Bertz CT molecular complexity index is 342. The summed E-state index contributed by atoms with van der Waals surface area (Å²) < 4.78 is 2.04. The van der Waals surface area contributed by atoms with Crippen LogP contribution >= 0.6 is 11.6 Å². The van der Waals surface area contributed by atoms with Gasteiger partial charge in [-0.2, -0.15) is 5.10 Å². The molecule has 2 rings (SSSR count). The molecule has 0 N–H and O–H groups in total. The Morgan fingerprint density at radius 3 is 2.76 bits per heavy atom. The van der Waals surface area contributed by atoms with Crippen LogP contribution in [0.4, 0.5) is 0 Å². The fourth-order valence-electron chi connectivity index (χ4n) is 2.82. The molecule has 0 amide bonds. The van der Waals surface area contributed by atoms with Crippen molar-refractivity contribution in [2.45, 2.75) is 58.4 Å². The van der Waals surface area contributed by atoms with Crippen LogP contribution in [0.1, 0.15) is 51.3 Å². The second kappa shape index (κ2) is 5.85. The lowest BCUT2D eigenvalue weighted by atomic mass is 9.73. The molecule has 0 aromatic carbocycles. The van der Waals surface area contributed by atoms with E-state index in [-0.39, 0.29) is 5.41 Å². The molecule has 0 bridgehead atoms. The summed E-state index contributed by atoms with van der Waals surface area (Å²) >= 11 is 6.23. The second-order valence-corrected chi connectivity index (χ2v) is 5.54. The number of aryl methyl sites for hydroxylation is 1. The molecule has 17 heavy (non-hydrogen) atoms. The fraction of sp³-hybridized carbons (Fsp3) is 0.846. The molecule has 0 saturated heterocycles. The Kier molecular flexibility index (Phi) is 4.43. The highest BCUT2D eigenvalue weighted by atomic mass is 35.5. The molecule has 1 aliphatic rings. The lowest BCUT2D eigenvalue weighted by Crippen LogP contribution is -2.30. The molecular weight excluding hydrogens is 234 g/mol. The molecule has 1 aromatic rings. The molecule has 1 fully saturated rings. The minimum atomic E-state index is 0.276. The molecule has 0 atom stereocenters. The maximum Gasteiger partial charge on any atom is 0.138 e. The van der Waals surface area contributed by atoms with Crippen molar-refractivity contribution < 1.29 is 0 Å². The Morgan fingerprint density at radius 2 is 2.12 bits per heavy atom. The molecule has 1 aromatic heterocycles. The van der Waals surface area contributed by atoms with Crippen LogP contribution in [0.2, 0.25) is 0 Å². The number of alkyl halides is 1. The summed E-state index contributed by atoms with van der Waals surface area (Å²) in [6.07, 6.45) is 10.3. The van der Waals surface area contributed by atoms with Crippen LogP contribution in [0.15, 0.2) is 6.33 Å². The third kappa shape index (κ3) is 3.01. The standard InChI is InChI=1S/C13H22ClN3/c1-2-8-17-12(15-11-16-17)9-13(10-14)6-4-3-5-7-13/h11H,2-10H2,1H3. The minimum Gasteiger partial charge on any atom is -0.250 e. The Morgan fingerprint density at radius 1 is 1.35 bits per heavy atom. The molecule has 1 heterocycles. The predicted octanol–water partition coefficient (Wildman–Crippen LogP) is 3.42. The molecule has 0 unspecified atom stereocenters. The highest BCUT2D eigenvalue weighted by molar-refractivity contribution is 6.18. The van der Waals surface area contributed by atoms with Crippen LogP contribution in [0, 0.1) is 5.41 Å². The van der Waals surface area contributed by atoms with Crippen LogP contribution in [0.5, 0.6) is 0 Å². The van der Waals surface area contributed by atoms with E-state index in [4.69, 9.17) is 11.6 Å². The highest BCUT2D eigenvalue weighted by Crippen LogP contribution is 2.39. The number of hydrogen-bond donors (Lipinski definition) is 0. The molecular formula is C13H22ClN3. The maximum absolute atomic E-state index is 6.23. The molecule has 0 radical (unpaired) electrons. The second-order valence-electron chi connectivity index (χ2n) is 5.27. The van der Waals surface area contributed by atoms with Crippen molar-refractivity contribution in [2.24, 2.45) is 5.41 Å². The summed E-state index contributed by atoms with van der Waals surface area (Å²) in [5.74, 6) is 1.88. The van der Waals surface area contributed by atoms with E-state index >= 15 is 0 Å².